The maximum absolute atomic E-state index is 13.0. The Balaban J connectivity index is 1.48. The SMILES string of the molecule is O=C(Cn1cccc2c(=O)n(Cc3cccnc3)c(=O)nc1-2)c1ccc2c(c1)OCCO2. The quantitative estimate of drug-likeness (QED) is 0.443. The summed E-state index contributed by atoms with van der Waals surface area (Å²) in [5.74, 6) is 1.06. The van der Waals surface area contributed by atoms with E-state index in [-0.39, 0.29) is 30.3 Å². The molecule has 0 saturated carbocycles. The van der Waals surface area contributed by atoms with Gasteiger partial charge in [0.05, 0.1) is 18.7 Å². The highest BCUT2D eigenvalue weighted by Gasteiger charge is 2.20. The van der Waals surface area contributed by atoms with Crippen molar-refractivity contribution in [1.29, 1.82) is 0 Å². The summed E-state index contributed by atoms with van der Waals surface area (Å²) in [6, 6.07) is 11.7. The molecule has 2 aromatic rings. The Morgan fingerprint density at radius 1 is 1.03 bits per heavy atom. The first-order valence-electron chi connectivity index (χ1n) is 10.0. The molecule has 0 amide bonds. The maximum Gasteiger partial charge on any atom is 0.352 e. The van der Waals surface area contributed by atoms with Crippen LogP contribution in [-0.2, 0) is 13.1 Å². The summed E-state index contributed by atoms with van der Waals surface area (Å²) in [6.45, 7) is 0.868. The fourth-order valence-corrected chi connectivity index (χ4v) is 3.62. The van der Waals surface area contributed by atoms with Gasteiger partial charge in [-0.15, -0.1) is 0 Å². The van der Waals surface area contributed by atoms with Crippen molar-refractivity contribution in [2.75, 3.05) is 13.2 Å². The molecule has 0 aliphatic carbocycles. The summed E-state index contributed by atoms with van der Waals surface area (Å²) in [6.07, 6.45) is 4.83. The zero-order valence-electron chi connectivity index (χ0n) is 16.9. The van der Waals surface area contributed by atoms with E-state index in [1.54, 1.807) is 61.1 Å². The van der Waals surface area contributed by atoms with Gasteiger partial charge in [0, 0.05) is 24.2 Å². The van der Waals surface area contributed by atoms with E-state index in [0.717, 1.165) is 4.57 Å². The van der Waals surface area contributed by atoms with Gasteiger partial charge in [-0.1, -0.05) is 6.07 Å². The van der Waals surface area contributed by atoms with Gasteiger partial charge < -0.3 is 14.0 Å². The molecule has 1 aromatic carbocycles. The van der Waals surface area contributed by atoms with Crippen LogP contribution in [0.1, 0.15) is 15.9 Å². The summed E-state index contributed by atoms with van der Waals surface area (Å²) in [5, 5.41) is 0. The predicted octanol–water partition coefficient (Wildman–Crippen LogP) is 1.61. The van der Waals surface area contributed by atoms with E-state index < -0.39 is 11.2 Å². The molecule has 0 bridgehead atoms. The summed E-state index contributed by atoms with van der Waals surface area (Å²) in [7, 11) is 0. The molecular weight excluding hydrogens is 412 g/mol. The predicted molar refractivity (Wildman–Crippen MR) is 114 cm³/mol. The molecule has 4 heterocycles. The maximum atomic E-state index is 13.0. The molecule has 0 unspecified atom stereocenters. The minimum Gasteiger partial charge on any atom is -0.486 e. The lowest BCUT2D eigenvalue weighted by Gasteiger charge is -2.19. The van der Waals surface area contributed by atoms with E-state index in [1.165, 1.54) is 4.57 Å². The summed E-state index contributed by atoms with van der Waals surface area (Å²) >= 11 is 0. The highest BCUT2D eigenvalue weighted by atomic mass is 16.6. The number of hydrogen-bond donors (Lipinski definition) is 0. The third-order valence-corrected chi connectivity index (χ3v) is 5.19. The third kappa shape index (κ3) is 3.64. The monoisotopic (exact) mass is 430 g/mol. The van der Waals surface area contributed by atoms with Crippen molar-refractivity contribution >= 4 is 5.78 Å². The molecule has 0 radical (unpaired) electrons. The van der Waals surface area contributed by atoms with Crippen molar-refractivity contribution in [3.63, 3.8) is 0 Å². The Kier molecular flexibility index (Phi) is 4.98. The highest BCUT2D eigenvalue weighted by molar-refractivity contribution is 5.96. The average molecular weight is 430 g/mol. The first-order chi connectivity index (χ1) is 15.6. The number of carbonyl (C=O) groups is 1. The molecule has 0 atom stereocenters. The number of ketones is 1. The first kappa shape index (κ1) is 19.7. The molecule has 5 rings (SSSR count). The van der Waals surface area contributed by atoms with Crippen LogP contribution in [-0.4, -0.2) is 38.1 Å². The van der Waals surface area contributed by atoms with Gasteiger partial charge >= 0.3 is 5.69 Å². The normalized spacial score (nSPS) is 12.6. The summed E-state index contributed by atoms with van der Waals surface area (Å²) in [5.41, 5.74) is 0.255. The second kappa shape index (κ2) is 8.10. The van der Waals surface area contributed by atoms with Crippen LogP contribution in [0.25, 0.3) is 11.4 Å². The number of rotatable bonds is 5. The number of fused-ring (bicyclic) bond motifs is 2. The fraction of sp³-hybridized carbons (Fsp3) is 0.174. The molecule has 1 aromatic heterocycles. The van der Waals surface area contributed by atoms with Gasteiger partial charge in [-0.2, -0.15) is 4.98 Å². The number of pyridine rings is 2. The average Bonchev–Trinajstić information content (AvgIpc) is 2.82. The number of carbonyl (C=O) groups excluding carboxylic acids is 1. The third-order valence-electron chi connectivity index (χ3n) is 5.19. The minimum absolute atomic E-state index is 0.0689. The van der Waals surface area contributed by atoms with Gasteiger partial charge in [0.25, 0.3) is 5.56 Å². The second-order valence-electron chi connectivity index (χ2n) is 7.30. The van der Waals surface area contributed by atoms with Gasteiger partial charge in [-0.05, 0) is 42.0 Å². The molecule has 160 valence electrons. The van der Waals surface area contributed by atoms with Crippen molar-refractivity contribution < 1.29 is 14.3 Å². The minimum atomic E-state index is -0.682. The molecule has 0 fully saturated rings. The topological polar surface area (TPSA) is 105 Å². The number of ether oxygens (including phenoxy) is 2. The van der Waals surface area contributed by atoms with Crippen LogP contribution in [0.5, 0.6) is 11.5 Å². The van der Waals surface area contributed by atoms with E-state index in [2.05, 4.69) is 9.97 Å². The van der Waals surface area contributed by atoms with Gasteiger partial charge in [-0.3, -0.25) is 19.1 Å². The van der Waals surface area contributed by atoms with Crippen molar-refractivity contribution in [2.24, 2.45) is 0 Å². The number of benzene rings is 1. The summed E-state index contributed by atoms with van der Waals surface area (Å²) < 4.78 is 13.6. The largest absolute Gasteiger partial charge is 0.486 e. The number of Topliss-reactive ketones (excluding diaryl/α,β-unsaturated/α-hetero) is 1. The highest BCUT2D eigenvalue weighted by Crippen LogP contribution is 2.31. The zero-order valence-corrected chi connectivity index (χ0v) is 16.9. The lowest BCUT2D eigenvalue weighted by Crippen LogP contribution is -2.38. The van der Waals surface area contributed by atoms with Crippen molar-refractivity contribution in [1.82, 2.24) is 19.1 Å². The zero-order chi connectivity index (χ0) is 22.1. The van der Waals surface area contributed by atoms with Crippen molar-refractivity contribution in [3.8, 4) is 22.9 Å². The Labute approximate surface area is 181 Å². The Morgan fingerprint density at radius 3 is 2.69 bits per heavy atom. The van der Waals surface area contributed by atoms with E-state index >= 15 is 0 Å². The number of hydrogen-bond acceptors (Lipinski definition) is 7. The number of nitrogens with zero attached hydrogens (tertiary/aromatic N) is 4. The standard InChI is InChI=1S/C23H18N4O5/c28-18(16-5-6-19-20(11-16)32-10-9-31-19)14-26-8-2-4-17-21(26)25-23(30)27(22(17)29)13-15-3-1-7-24-12-15/h1-8,11-12H,9-10,13-14H2. The smallest absolute Gasteiger partial charge is 0.352 e. The van der Waals surface area contributed by atoms with E-state index in [1.807, 2.05) is 0 Å². The van der Waals surface area contributed by atoms with Crippen LogP contribution in [0.15, 0.2) is 70.6 Å². The first-order valence-corrected chi connectivity index (χ1v) is 10.0. The Hall–Kier alpha value is -4.27. The molecule has 3 aliphatic rings. The van der Waals surface area contributed by atoms with Gasteiger partial charge in [0.15, 0.2) is 23.1 Å². The van der Waals surface area contributed by atoms with Crippen LogP contribution in [0, 0.1) is 0 Å². The molecule has 0 saturated heterocycles. The van der Waals surface area contributed by atoms with E-state index in [4.69, 9.17) is 9.47 Å². The van der Waals surface area contributed by atoms with Crippen molar-refractivity contribution in [2.45, 2.75) is 13.1 Å². The molecule has 0 spiro atoms. The van der Waals surface area contributed by atoms with Crippen LogP contribution >= 0.6 is 0 Å². The van der Waals surface area contributed by atoms with E-state index in [0.29, 0.717) is 35.8 Å². The molecule has 9 nitrogen and oxygen atoms in total. The molecule has 0 N–H and O–H groups in total. The van der Waals surface area contributed by atoms with Crippen LogP contribution in [0.2, 0.25) is 0 Å². The summed E-state index contributed by atoms with van der Waals surface area (Å²) in [4.78, 5) is 46.6. The second-order valence-corrected chi connectivity index (χ2v) is 7.30. The molecule has 9 heteroatoms. The lowest BCUT2D eigenvalue weighted by molar-refractivity contribution is 0.0971. The Morgan fingerprint density at radius 2 is 1.88 bits per heavy atom. The van der Waals surface area contributed by atoms with Crippen LogP contribution in [0.4, 0.5) is 0 Å². The van der Waals surface area contributed by atoms with Gasteiger partial charge in [-0.25, -0.2) is 4.79 Å². The fourth-order valence-electron chi connectivity index (χ4n) is 3.62. The Bertz CT molecular complexity index is 1390. The van der Waals surface area contributed by atoms with Crippen LogP contribution in [0.3, 0.4) is 0 Å². The molecule has 3 aliphatic heterocycles. The van der Waals surface area contributed by atoms with Crippen LogP contribution < -0.4 is 20.7 Å². The molecular formula is C23H18N4O5. The van der Waals surface area contributed by atoms with Gasteiger partial charge in [0.1, 0.15) is 13.2 Å². The lowest BCUT2D eigenvalue weighted by atomic mass is 10.1. The van der Waals surface area contributed by atoms with Crippen molar-refractivity contribution in [3.05, 3.63) is 93.0 Å². The number of aromatic nitrogens is 4. The molecule has 32 heavy (non-hydrogen) atoms. The van der Waals surface area contributed by atoms with Gasteiger partial charge in [0.2, 0.25) is 0 Å². The van der Waals surface area contributed by atoms with E-state index in [9.17, 15) is 14.4 Å².